The van der Waals surface area contributed by atoms with E-state index in [1.165, 1.54) is 6.07 Å². The van der Waals surface area contributed by atoms with Crippen LogP contribution in [-0.4, -0.2) is 14.8 Å². The van der Waals surface area contributed by atoms with Gasteiger partial charge in [0.15, 0.2) is 5.82 Å². The molecule has 1 aromatic heterocycles. The second-order valence-electron chi connectivity index (χ2n) is 5.16. The molecule has 1 aromatic carbocycles. The van der Waals surface area contributed by atoms with Gasteiger partial charge in [0.1, 0.15) is 17.5 Å². The van der Waals surface area contributed by atoms with Crippen molar-refractivity contribution in [1.29, 1.82) is 0 Å². The van der Waals surface area contributed by atoms with E-state index in [1.807, 2.05) is 4.57 Å². The highest BCUT2D eigenvalue weighted by atomic mass is 79.9. The number of alkyl halides is 1. The van der Waals surface area contributed by atoms with E-state index < -0.39 is 11.6 Å². The van der Waals surface area contributed by atoms with E-state index in [1.54, 1.807) is 6.92 Å². The van der Waals surface area contributed by atoms with Crippen molar-refractivity contribution in [2.45, 2.75) is 32.6 Å². The highest BCUT2D eigenvalue weighted by Gasteiger charge is 2.18. The monoisotopic (exact) mass is 343 g/mol. The van der Waals surface area contributed by atoms with Crippen LogP contribution in [0.1, 0.15) is 25.2 Å². The average Bonchev–Trinajstić information content (AvgIpc) is 2.76. The lowest BCUT2D eigenvalue weighted by Crippen LogP contribution is -2.10. The van der Waals surface area contributed by atoms with Crippen LogP contribution in [0.25, 0.3) is 11.4 Å². The molecule has 108 valence electrons. The van der Waals surface area contributed by atoms with Gasteiger partial charge in [-0.15, -0.1) is 10.2 Å². The van der Waals surface area contributed by atoms with Crippen molar-refractivity contribution >= 4 is 15.9 Å². The Morgan fingerprint density at radius 2 is 1.90 bits per heavy atom. The maximum Gasteiger partial charge on any atom is 0.166 e. The van der Waals surface area contributed by atoms with Crippen molar-refractivity contribution in [3.8, 4) is 11.4 Å². The van der Waals surface area contributed by atoms with Crippen LogP contribution in [0, 0.1) is 24.5 Å². The topological polar surface area (TPSA) is 30.7 Å². The minimum atomic E-state index is -0.619. The first kappa shape index (κ1) is 15.1. The summed E-state index contributed by atoms with van der Waals surface area (Å²) in [5.41, 5.74) is 0.671. The predicted octanol–water partition coefficient (Wildman–Crippen LogP) is 4.08. The van der Waals surface area contributed by atoms with Gasteiger partial charge in [0, 0.05) is 12.6 Å². The van der Waals surface area contributed by atoms with Gasteiger partial charge < -0.3 is 4.57 Å². The molecular formula is C14H16BrF2N3. The van der Waals surface area contributed by atoms with Gasteiger partial charge in [-0.1, -0.05) is 29.8 Å². The number of hydrogen-bond acceptors (Lipinski definition) is 2. The molecule has 0 aliphatic rings. The Hall–Kier alpha value is -1.30. The third-order valence-electron chi connectivity index (χ3n) is 2.98. The Labute approximate surface area is 125 Å². The summed E-state index contributed by atoms with van der Waals surface area (Å²) in [6.45, 7) is 6.41. The number of aromatic nitrogens is 3. The molecule has 0 fully saturated rings. The van der Waals surface area contributed by atoms with Crippen LogP contribution < -0.4 is 0 Å². The molecule has 0 unspecified atom stereocenters. The lowest BCUT2D eigenvalue weighted by Gasteiger charge is -2.12. The van der Waals surface area contributed by atoms with E-state index in [4.69, 9.17) is 0 Å². The fraction of sp³-hybridized carbons (Fsp3) is 0.429. The molecule has 0 saturated heterocycles. The highest BCUT2D eigenvalue weighted by Crippen LogP contribution is 2.26. The van der Waals surface area contributed by atoms with Crippen LogP contribution in [0.5, 0.6) is 0 Å². The Kier molecular flexibility index (Phi) is 4.52. The van der Waals surface area contributed by atoms with Gasteiger partial charge >= 0.3 is 0 Å². The number of benzene rings is 1. The van der Waals surface area contributed by atoms with Crippen LogP contribution in [0.4, 0.5) is 8.78 Å². The first-order valence-electron chi connectivity index (χ1n) is 6.38. The van der Waals surface area contributed by atoms with E-state index in [0.29, 0.717) is 29.2 Å². The van der Waals surface area contributed by atoms with Gasteiger partial charge in [0.05, 0.1) is 10.9 Å². The Morgan fingerprint density at radius 3 is 2.50 bits per heavy atom. The van der Waals surface area contributed by atoms with E-state index in [9.17, 15) is 8.78 Å². The fourth-order valence-corrected chi connectivity index (χ4v) is 2.43. The molecule has 0 amide bonds. The molecular weight excluding hydrogens is 328 g/mol. The minimum Gasteiger partial charge on any atom is -0.310 e. The fourth-order valence-electron chi connectivity index (χ4n) is 2.02. The summed E-state index contributed by atoms with van der Waals surface area (Å²) in [7, 11) is 0. The summed E-state index contributed by atoms with van der Waals surface area (Å²) >= 11 is 3.35. The van der Waals surface area contributed by atoms with Crippen LogP contribution in [0.2, 0.25) is 0 Å². The van der Waals surface area contributed by atoms with Gasteiger partial charge in [-0.2, -0.15) is 0 Å². The van der Waals surface area contributed by atoms with E-state index in [2.05, 4.69) is 40.0 Å². The maximum atomic E-state index is 14.0. The summed E-state index contributed by atoms with van der Waals surface area (Å²) in [5.74, 6) is 0.365. The number of hydrogen-bond donors (Lipinski definition) is 0. The maximum absolute atomic E-state index is 14.0. The molecule has 0 radical (unpaired) electrons. The molecule has 0 aliphatic heterocycles. The Balaban J connectivity index is 2.58. The SMILES string of the molecule is Cc1cc(-c2nnc(CBr)n2CC(C)C)c(F)cc1F. The van der Waals surface area contributed by atoms with Crippen molar-refractivity contribution in [3.63, 3.8) is 0 Å². The minimum absolute atomic E-state index is 0.282. The predicted molar refractivity (Wildman–Crippen MR) is 77.6 cm³/mol. The molecule has 2 aromatic rings. The largest absolute Gasteiger partial charge is 0.310 e. The van der Waals surface area contributed by atoms with Crippen LogP contribution in [-0.2, 0) is 11.9 Å². The van der Waals surface area contributed by atoms with Crippen molar-refractivity contribution in [1.82, 2.24) is 14.8 Å². The molecule has 0 bridgehead atoms. The van der Waals surface area contributed by atoms with Crippen LogP contribution in [0.3, 0.4) is 0 Å². The molecule has 1 heterocycles. The van der Waals surface area contributed by atoms with E-state index >= 15 is 0 Å². The van der Waals surface area contributed by atoms with Gasteiger partial charge in [0.2, 0.25) is 0 Å². The van der Waals surface area contributed by atoms with E-state index in [0.717, 1.165) is 11.9 Å². The molecule has 0 N–H and O–H groups in total. The van der Waals surface area contributed by atoms with Crippen molar-refractivity contribution < 1.29 is 8.78 Å². The van der Waals surface area contributed by atoms with E-state index in [-0.39, 0.29) is 5.56 Å². The third kappa shape index (κ3) is 2.90. The molecule has 20 heavy (non-hydrogen) atoms. The number of nitrogens with zero attached hydrogens (tertiary/aromatic N) is 3. The van der Waals surface area contributed by atoms with Crippen molar-refractivity contribution in [2.75, 3.05) is 0 Å². The lowest BCUT2D eigenvalue weighted by atomic mass is 10.1. The normalized spacial score (nSPS) is 11.3. The second-order valence-corrected chi connectivity index (χ2v) is 5.72. The van der Waals surface area contributed by atoms with Crippen molar-refractivity contribution in [3.05, 3.63) is 35.2 Å². The van der Waals surface area contributed by atoms with Crippen LogP contribution in [0.15, 0.2) is 12.1 Å². The summed E-state index contributed by atoms with van der Waals surface area (Å²) in [6.07, 6.45) is 0. The Bertz CT molecular complexity index is 623. The third-order valence-corrected chi connectivity index (χ3v) is 3.49. The average molecular weight is 344 g/mol. The molecule has 0 saturated carbocycles. The zero-order chi connectivity index (χ0) is 14.9. The van der Waals surface area contributed by atoms with Gasteiger partial charge in [-0.3, -0.25) is 0 Å². The van der Waals surface area contributed by atoms with Gasteiger partial charge in [-0.05, 0) is 24.5 Å². The Morgan fingerprint density at radius 1 is 1.20 bits per heavy atom. The first-order chi connectivity index (χ1) is 9.43. The lowest BCUT2D eigenvalue weighted by molar-refractivity contribution is 0.514. The molecule has 2 rings (SSSR count). The van der Waals surface area contributed by atoms with Gasteiger partial charge in [-0.25, -0.2) is 8.78 Å². The zero-order valence-electron chi connectivity index (χ0n) is 11.6. The summed E-state index contributed by atoms with van der Waals surface area (Å²) in [5, 5.41) is 8.66. The summed E-state index contributed by atoms with van der Waals surface area (Å²) in [6, 6.07) is 2.37. The second kappa shape index (κ2) is 5.99. The van der Waals surface area contributed by atoms with Crippen LogP contribution >= 0.6 is 15.9 Å². The molecule has 0 spiro atoms. The number of rotatable bonds is 4. The molecule has 6 heteroatoms. The quantitative estimate of drug-likeness (QED) is 0.783. The molecule has 0 aliphatic carbocycles. The summed E-state index contributed by atoms with van der Waals surface area (Å²) < 4.78 is 29.3. The number of halogens is 3. The summed E-state index contributed by atoms with van der Waals surface area (Å²) in [4.78, 5) is 0. The zero-order valence-corrected chi connectivity index (χ0v) is 13.2. The van der Waals surface area contributed by atoms with Gasteiger partial charge in [0.25, 0.3) is 0 Å². The smallest absolute Gasteiger partial charge is 0.166 e. The molecule has 3 nitrogen and oxygen atoms in total. The first-order valence-corrected chi connectivity index (χ1v) is 7.50. The van der Waals surface area contributed by atoms with Crippen molar-refractivity contribution in [2.24, 2.45) is 5.92 Å². The number of aryl methyl sites for hydroxylation is 1. The highest BCUT2D eigenvalue weighted by molar-refractivity contribution is 9.08. The molecule has 0 atom stereocenters. The standard InChI is InChI=1S/C14H16BrF2N3/c1-8(2)7-20-13(6-15)18-19-14(20)10-4-9(3)11(16)5-12(10)17/h4-5,8H,6-7H2,1-3H3.